The van der Waals surface area contributed by atoms with Crippen molar-refractivity contribution in [2.75, 3.05) is 13.7 Å². The average molecular weight is 445 g/mol. The fraction of sp³-hybridized carbons (Fsp3) is 0.261. The lowest BCUT2D eigenvalue weighted by atomic mass is 10.1. The van der Waals surface area contributed by atoms with Gasteiger partial charge in [-0.3, -0.25) is 9.59 Å². The minimum Gasteiger partial charge on any atom is -0.469 e. The van der Waals surface area contributed by atoms with Gasteiger partial charge >= 0.3 is 12.1 Å². The third-order valence-corrected chi connectivity index (χ3v) is 4.98. The number of esters is 1. The lowest BCUT2D eigenvalue weighted by molar-refractivity contribution is -0.141. The van der Waals surface area contributed by atoms with Crippen LogP contribution in [0.4, 0.5) is 13.2 Å². The Labute approximate surface area is 183 Å². The number of ether oxygens (including phenoxy) is 1. The first kappa shape index (κ1) is 23.1. The molecule has 0 aliphatic rings. The van der Waals surface area contributed by atoms with Crippen LogP contribution in [0, 0.1) is 6.92 Å². The van der Waals surface area contributed by atoms with Gasteiger partial charge in [-0.2, -0.15) is 18.3 Å². The highest BCUT2D eigenvalue weighted by atomic mass is 19.4. The first-order valence-corrected chi connectivity index (χ1v) is 9.83. The molecule has 2 aromatic carbocycles. The number of alkyl halides is 3. The molecule has 3 rings (SSSR count). The number of nitrogens with zero attached hydrogens (tertiary/aromatic N) is 3. The van der Waals surface area contributed by atoms with Crippen LogP contribution in [0.15, 0.2) is 60.8 Å². The number of rotatable bonds is 7. The van der Waals surface area contributed by atoms with Crippen molar-refractivity contribution in [3.8, 4) is 5.69 Å². The topological polar surface area (TPSA) is 64.4 Å². The number of amides is 1. The Morgan fingerprint density at radius 3 is 2.47 bits per heavy atom. The number of hydrogen-bond donors (Lipinski definition) is 0. The van der Waals surface area contributed by atoms with Gasteiger partial charge in [-0.25, -0.2) is 4.68 Å². The molecule has 1 amide bonds. The lowest BCUT2D eigenvalue weighted by Gasteiger charge is -2.22. The molecule has 6 nitrogen and oxygen atoms in total. The van der Waals surface area contributed by atoms with Gasteiger partial charge in [0, 0.05) is 13.1 Å². The highest BCUT2D eigenvalue weighted by molar-refractivity contribution is 5.95. The molecule has 0 N–H and O–H groups in total. The second kappa shape index (κ2) is 9.67. The van der Waals surface area contributed by atoms with Crippen molar-refractivity contribution >= 4 is 11.9 Å². The van der Waals surface area contributed by atoms with E-state index in [2.05, 4.69) is 9.84 Å². The first-order chi connectivity index (χ1) is 15.2. The highest BCUT2D eigenvalue weighted by Gasteiger charge is 2.31. The van der Waals surface area contributed by atoms with Gasteiger partial charge in [0.25, 0.3) is 5.91 Å². The molecule has 32 heavy (non-hydrogen) atoms. The van der Waals surface area contributed by atoms with Crippen molar-refractivity contribution in [1.29, 1.82) is 0 Å². The van der Waals surface area contributed by atoms with E-state index in [-0.39, 0.29) is 36.7 Å². The Hall–Kier alpha value is -3.62. The number of methoxy groups -OCH3 is 1. The quantitative estimate of drug-likeness (QED) is 0.506. The molecule has 0 bridgehead atoms. The Balaban J connectivity index is 1.90. The fourth-order valence-electron chi connectivity index (χ4n) is 3.25. The van der Waals surface area contributed by atoms with Gasteiger partial charge in [0.05, 0.1) is 42.2 Å². The van der Waals surface area contributed by atoms with Gasteiger partial charge in [-0.1, -0.05) is 36.4 Å². The fourth-order valence-corrected chi connectivity index (χ4v) is 3.25. The Morgan fingerprint density at radius 1 is 1.09 bits per heavy atom. The zero-order valence-electron chi connectivity index (χ0n) is 17.6. The molecule has 0 fully saturated rings. The predicted molar refractivity (Wildman–Crippen MR) is 111 cm³/mol. The van der Waals surface area contributed by atoms with Crippen molar-refractivity contribution in [2.45, 2.75) is 26.1 Å². The molecular weight excluding hydrogens is 423 g/mol. The molecule has 3 aromatic rings. The molecule has 168 valence electrons. The molecular formula is C23H22F3N3O3. The summed E-state index contributed by atoms with van der Waals surface area (Å²) in [5, 5.41) is 4.14. The summed E-state index contributed by atoms with van der Waals surface area (Å²) in [6.45, 7) is 1.99. The highest BCUT2D eigenvalue weighted by Crippen LogP contribution is 2.30. The van der Waals surface area contributed by atoms with Crippen LogP contribution in [0.25, 0.3) is 5.69 Å². The summed E-state index contributed by atoms with van der Waals surface area (Å²) in [5.74, 6) is -0.833. The van der Waals surface area contributed by atoms with E-state index in [1.807, 2.05) is 30.3 Å². The van der Waals surface area contributed by atoms with Crippen LogP contribution in [0.5, 0.6) is 0 Å². The third-order valence-electron chi connectivity index (χ3n) is 4.98. The number of hydrogen-bond acceptors (Lipinski definition) is 4. The summed E-state index contributed by atoms with van der Waals surface area (Å²) in [4.78, 5) is 26.4. The molecule has 0 aliphatic carbocycles. The molecule has 0 radical (unpaired) electrons. The predicted octanol–water partition coefficient (Wildman–Crippen LogP) is 4.41. The van der Waals surface area contributed by atoms with Crippen molar-refractivity contribution in [2.24, 2.45) is 0 Å². The largest absolute Gasteiger partial charge is 0.469 e. The van der Waals surface area contributed by atoms with Crippen LogP contribution in [-0.2, 0) is 22.3 Å². The molecule has 0 saturated heterocycles. The van der Waals surface area contributed by atoms with Crippen LogP contribution >= 0.6 is 0 Å². The second-order valence-corrected chi connectivity index (χ2v) is 7.14. The summed E-state index contributed by atoms with van der Waals surface area (Å²) < 4.78 is 45.2. The van der Waals surface area contributed by atoms with Crippen molar-refractivity contribution in [3.05, 3.63) is 83.2 Å². The van der Waals surface area contributed by atoms with Crippen LogP contribution in [0.1, 0.15) is 33.6 Å². The van der Waals surface area contributed by atoms with Crippen molar-refractivity contribution in [1.82, 2.24) is 14.7 Å². The van der Waals surface area contributed by atoms with Crippen LogP contribution in [0.3, 0.4) is 0 Å². The number of aromatic nitrogens is 2. The summed E-state index contributed by atoms with van der Waals surface area (Å²) in [6, 6.07) is 14.0. The molecule has 1 aromatic heterocycles. The maximum Gasteiger partial charge on any atom is 0.416 e. The zero-order valence-corrected chi connectivity index (χ0v) is 17.6. The normalized spacial score (nSPS) is 11.3. The van der Waals surface area contributed by atoms with E-state index in [0.29, 0.717) is 5.69 Å². The Bertz CT molecular complexity index is 1090. The number of carbonyl (C=O) groups excluding carboxylic acids is 2. The monoisotopic (exact) mass is 445 g/mol. The van der Waals surface area contributed by atoms with Crippen LogP contribution in [-0.4, -0.2) is 40.2 Å². The molecule has 9 heteroatoms. The molecule has 0 saturated carbocycles. The maximum absolute atomic E-state index is 13.3. The Morgan fingerprint density at radius 2 is 1.81 bits per heavy atom. The van der Waals surface area contributed by atoms with E-state index >= 15 is 0 Å². The summed E-state index contributed by atoms with van der Waals surface area (Å²) >= 11 is 0. The van der Waals surface area contributed by atoms with Crippen molar-refractivity contribution in [3.63, 3.8) is 0 Å². The van der Waals surface area contributed by atoms with Gasteiger partial charge in [0.1, 0.15) is 0 Å². The lowest BCUT2D eigenvalue weighted by Crippen LogP contribution is -2.33. The minimum atomic E-state index is -4.49. The van der Waals surface area contributed by atoms with Gasteiger partial charge in [-0.15, -0.1) is 0 Å². The van der Waals surface area contributed by atoms with Gasteiger partial charge in [0.15, 0.2) is 0 Å². The smallest absolute Gasteiger partial charge is 0.416 e. The van der Waals surface area contributed by atoms with Gasteiger partial charge < -0.3 is 9.64 Å². The molecule has 1 heterocycles. The second-order valence-electron chi connectivity index (χ2n) is 7.14. The van der Waals surface area contributed by atoms with E-state index in [4.69, 9.17) is 0 Å². The van der Waals surface area contributed by atoms with E-state index < -0.39 is 17.7 Å². The number of carbonyl (C=O) groups is 2. The molecule has 0 atom stereocenters. The zero-order chi connectivity index (χ0) is 23.3. The maximum atomic E-state index is 13.3. The van der Waals surface area contributed by atoms with Crippen LogP contribution in [0.2, 0.25) is 0 Å². The van der Waals surface area contributed by atoms with E-state index in [0.717, 1.165) is 17.7 Å². The van der Waals surface area contributed by atoms with E-state index in [9.17, 15) is 22.8 Å². The van der Waals surface area contributed by atoms with E-state index in [1.165, 1.54) is 35.0 Å². The number of halogens is 3. The average Bonchev–Trinajstić information content (AvgIpc) is 3.17. The Kier molecular flexibility index (Phi) is 6.97. The van der Waals surface area contributed by atoms with E-state index in [1.54, 1.807) is 6.92 Å². The van der Waals surface area contributed by atoms with Crippen molar-refractivity contribution < 1.29 is 27.5 Å². The summed E-state index contributed by atoms with van der Waals surface area (Å²) in [7, 11) is 1.27. The van der Waals surface area contributed by atoms with Gasteiger partial charge in [-0.05, 0) is 30.7 Å². The van der Waals surface area contributed by atoms with Gasteiger partial charge in [0.2, 0.25) is 0 Å². The SMILES string of the molecule is COC(=O)CCN(Cc1ccccc1)C(=O)c1cnn(-c2cccc(C(F)(F)F)c2)c1C. The molecule has 0 spiro atoms. The van der Waals surface area contributed by atoms with Crippen LogP contribution < -0.4 is 0 Å². The summed E-state index contributed by atoms with van der Waals surface area (Å²) in [5.41, 5.74) is 0.893. The minimum absolute atomic E-state index is 0.00981. The number of benzene rings is 2. The molecule has 0 aliphatic heterocycles. The first-order valence-electron chi connectivity index (χ1n) is 9.83. The standard InChI is InChI=1S/C23H22F3N3O3/c1-16-20(14-27-29(16)19-10-6-9-18(13-19)23(24,25)26)22(31)28(12-11-21(30)32-2)15-17-7-4-3-5-8-17/h3-10,13-14H,11-12,15H2,1-2H3. The molecule has 0 unspecified atom stereocenters. The summed E-state index contributed by atoms with van der Waals surface area (Å²) in [6.07, 6.45) is -3.15. The third kappa shape index (κ3) is 5.35.